The molecule has 1 fully saturated rings. The Bertz CT molecular complexity index is 2070. The van der Waals surface area contributed by atoms with Crippen molar-refractivity contribution in [3.05, 3.63) is 190 Å². The van der Waals surface area contributed by atoms with Gasteiger partial charge >= 0.3 is 13.4 Å². The molecule has 232 valence electrons. The van der Waals surface area contributed by atoms with E-state index in [9.17, 15) is 0 Å². The first kappa shape index (κ1) is 28.6. The van der Waals surface area contributed by atoms with Crippen molar-refractivity contribution >= 4 is 24.8 Å². The minimum atomic E-state index is -2.24. The lowest BCUT2D eigenvalue weighted by Crippen LogP contribution is -2.67. The fraction of sp³-hybridized carbons (Fsp3) is 0.100. The smallest absolute Gasteiger partial charge is 0.629 e. The zero-order valence-corrected chi connectivity index (χ0v) is 26.4. The van der Waals surface area contributed by atoms with Crippen LogP contribution in [-0.4, -0.2) is 60.1 Å². The van der Waals surface area contributed by atoms with Crippen LogP contribution < -0.4 is 9.31 Å². The second-order valence-electron chi connectivity index (χ2n) is 12.4. The Kier molecular flexibility index (Phi) is 6.89. The Balaban J connectivity index is 1.28. The molecular weight excluding hydrogens is 594 g/mol. The zero-order chi connectivity index (χ0) is 32.0. The maximum atomic E-state index is 7.19. The van der Waals surface area contributed by atoms with Crippen LogP contribution in [0.5, 0.6) is 11.5 Å². The Morgan fingerprint density at radius 3 is 1.33 bits per heavy atom. The highest BCUT2D eigenvalue weighted by Crippen LogP contribution is 2.38. The van der Waals surface area contributed by atoms with Gasteiger partial charge in [0, 0.05) is 11.1 Å². The second-order valence-corrected chi connectivity index (χ2v) is 12.4. The molecule has 5 aliphatic rings. The van der Waals surface area contributed by atoms with E-state index in [1.165, 1.54) is 0 Å². The molecule has 0 spiro atoms. The number of allylic oxidation sites excluding steroid dienone is 6. The summed E-state index contributed by atoms with van der Waals surface area (Å²) < 4.78 is 33.0. The molecule has 3 heterocycles. The summed E-state index contributed by atoms with van der Waals surface area (Å²) in [6.07, 6.45) is 11.9. The van der Waals surface area contributed by atoms with Gasteiger partial charge in [0.25, 0.3) is 0 Å². The van der Waals surface area contributed by atoms with Gasteiger partial charge in [-0.2, -0.15) is 0 Å². The van der Waals surface area contributed by atoms with Crippen LogP contribution in [0.3, 0.4) is 0 Å². The summed E-state index contributed by atoms with van der Waals surface area (Å²) >= 11 is 0. The first-order valence-electron chi connectivity index (χ1n) is 16.6. The second kappa shape index (κ2) is 11.6. The minimum Gasteiger partial charge on any atom is -0.629 e. The van der Waals surface area contributed by atoms with Crippen LogP contribution in [0.1, 0.15) is 22.3 Å². The molecule has 0 saturated carbocycles. The number of para-hydroxylation sites is 2. The lowest BCUT2D eigenvalue weighted by Gasteiger charge is -2.46. The Hall–Kier alpha value is -5.61. The summed E-state index contributed by atoms with van der Waals surface area (Å²) in [5.74, 6) is 1.55. The van der Waals surface area contributed by atoms with Gasteiger partial charge in [0.05, 0.1) is 35.8 Å². The zero-order valence-electron chi connectivity index (χ0n) is 26.4. The summed E-state index contributed by atoms with van der Waals surface area (Å²) in [4.78, 5) is 0. The van der Waals surface area contributed by atoms with Crippen molar-refractivity contribution in [2.75, 3.05) is 26.3 Å². The monoisotopic (exact) mass is 626 g/mol. The quantitative estimate of drug-likeness (QED) is 0.201. The van der Waals surface area contributed by atoms with E-state index in [0.717, 1.165) is 56.1 Å². The fourth-order valence-electron chi connectivity index (χ4n) is 7.70. The minimum absolute atomic E-state index is 0.315. The van der Waals surface area contributed by atoms with E-state index in [-0.39, 0.29) is 0 Å². The molecule has 4 aromatic rings. The van der Waals surface area contributed by atoms with Crippen molar-refractivity contribution in [1.82, 2.24) is 0 Å². The Morgan fingerprint density at radius 1 is 0.500 bits per heavy atom. The molecule has 0 bridgehead atoms. The Morgan fingerprint density at radius 2 is 0.917 bits per heavy atom. The van der Waals surface area contributed by atoms with Gasteiger partial charge < -0.3 is 27.6 Å². The molecule has 9 rings (SSSR count). The molecule has 3 aliphatic heterocycles. The largest absolute Gasteiger partial charge is 0.632 e. The molecule has 8 heteroatoms. The molecule has 1 saturated heterocycles. The van der Waals surface area contributed by atoms with Gasteiger partial charge in [-0.3, -0.25) is 0 Å². The van der Waals surface area contributed by atoms with Crippen molar-refractivity contribution in [3.8, 4) is 11.5 Å². The molecular formula is C40H32B2N2O4. The van der Waals surface area contributed by atoms with Crippen LogP contribution in [0.2, 0.25) is 0 Å². The van der Waals surface area contributed by atoms with E-state index >= 15 is 0 Å². The summed E-state index contributed by atoms with van der Waals surface area (Å²) in [7, 11) is 0. The molecule has 0 amide bonds. The van der Waals surface area contributed by atoms with E-state index in [0.29, 0.717) is 26.3 Å². The van der Waals surface area contributed by atoms with Gasteiger partial charge in [-0.25, -0.2) is 0 Å². The van der Waals surface area contributed by atoms with E-state index in [1.54, 1.807) is 0 Å². The highest BCUT2D eigenvalue weighted by molar-refractivity contribution is 6.71. The highest BCUT2D eigenvalue weighted by atomic mass is 16.6. The van der Waals surface area contributed by atoms with E-state index in [2.05, 4.69) is 81.1 Å². The summed E-state index contributed by atoms with van der Waals surface area (Å²) in [5, 5.41) is 0. The van der Waals surface area contributed by atoms with Crippen LogP contribution >= 0.6 is 0 Å². The van der Waals surface area contributed by atoms with Gasteiger partial charge in [0.2, 0.25) is 0 Å². The predicted molar refractivity (Wildman–Crippen MR) is 189 cm³/mol. The van der Waals surface area contributed by atoms with Gasteiger partial charge in [-0.15, -0.1) is 11.5 Å². The molecule has 0 aromatic heterocycles. The normalized spacial score (nSPS) is 23.8. The predicted octanol–water partition coefficient (Wildman–Crippen LogP) is 6.18. The molecule has 0 N–H and O–H groups in total. The molecule has 4 aromatic carbocycles. The number of hydrogen-bond donors (Lipinski definition) is 0. The Labute approximate surface area is 279 Å². The van der Waals surface area contributed by atoms with Crippen molar-refractivity contribution < 1.29 is 27.6 Å². The molecule has 48 heavy (non-hydrogen) atoms. The SMILES string of the molecule is C1=CC=CC=1[B-]12OCC[N+]3=C(c4ccccc4)c4ccccc4O[B-]3(C3=C=CC=C3)OCC[N+]1=C(c1ccccc1)c1ccccc1O2. The summed E-state index contributed by atoms with van der Waals surface area (Å²) in [6, 6.07) is 37.3. The van der Waals surface area contributed by atoms with Crippen LogP contribution in [0.4, 0.5) is 0 Å². The summed E-state index contributed by atoms with van der Waals surface area (Å²) in [6.45, 7) is -2.93. The van der Waals surface area contributed by atoms with Crippen LogP contribution in [0.25, 0.3) is 0 Å². The standard InChI is InChI=1S/C40H32B2N2O4/c1-3-15-31(16-4-1)39-35-23-11-13-25-37(35)47-41(33-19-7-8-20-33)43(39)27-29-46-42(34-21-9-10-22-34)44(28-30-45-41)40(32-17-5-2-6-18-32)36-24-12-14-26-38(36)48-42/h1-19,21,23-26H,27-30H2. The van der Waals surface area contributed by atoms with Crippen molar-refractivity contribution in [1.29, 1.82) is 0 Å². The van der Waals surface area contributed by atoms with Crippen molar-refractivity contribution in [2.45, 2.75) is 0 Å². The third-order valence-electron chi connectivity index (χ3n) is 9.73. The lowest BCUT2D eigenvalue weighted by atomic mass is 9.59. The van der Waals surface area contributed by atoms with Crippen LogP contribution in [0.15, 0.2) is 168 Å². The number of rotatable bonds is 4. The average molecular weight is 626 g/mol. The number of fused-ring (bicyclic) bond motifs is 4. The summed E-state index contributed by atoms with van der Waals surface area (Å²) in [5.41, 5.74) is 14.8. The van der Waals surface area contributed by atoms with E-state index < -0.39 is 13.4 Å². The fourth-order valence-corrected chi connectivity index (χ4v) is 7.70. The van der Waals surface area contributed by atoms with E-state index in [4.69, 9.17) is 18.6 Å². The van der Waals surface area contributed by atoms with Gasteiger partial charge in [-0.05, 0) is 71.6 Å². The first-order valence-corrected chi connectivity index (χ1v) is 16.6. The lowest BCUT2D eigenvalue weighted by molar-refractivity contribution is -0.466. The molecule has 0 radical (unpaired) electrons. The van der Waals surface area contributed by atoms with E-state index in [1.807, 2.05) is 85.0 Å². The third-order valence-corrected chi connectivity index (χ3v) is 9.73. The number of nitrogens with zero attached hydrogens (tertiary/aromatic N) is 2. The maximum Gasteiger partial charge on any atom is 0.632 e. The van der Waals surface area contributed by atoms with Gasteiger partial charge in [0.1, 0.15) is 13.1 Å². The van der Waals surface area contributed by atoms with Crippen molar-refractivity contribution in [2.24, 2.45) is 0 Å². The van der Waals surface area contributed by atoms with Gasteiger partial charge in [-0.1, -0.05) is 85.0 Å². The average Bonchev–Trinajstić information content (AvgIpc) is 3.89. The van der Waals surface area contributed by atoms with Crippen LogP contribution in [-0.2, 0) is 9.31 Å². The maximum absolute atomic E-state index is 7.19. The first-order chi connectivity index (χ1) is 23.8. The molecule has 2 atom stereocenters. The van der Waals surface area contributed by atoms with Crippen molar-refractivity contribution in [3.63, 3.8) is 0 Å². The topological polar surface area (TPSA) is 42.9 Å². The van der Waals surface area contributed by atoms with Gasteiger partial charge in [0.15, 0.2) is 11.4 Å². The number of benzene rings is 4. The molecule has 6 nitrogen and oxygen atoms in total. The van der Waals surface area contributed by atoms with Crippen LogP contribution in [0, 0.1) is 0 Å². The number of hydrogen-bond acceptors (Lipinski definition) is 4. The molecule has 2 aliphatic carbocycles. The highest BCUT2D eigenvalue weighted by Gasteiger charge is 2.57. The third kappa shape index (κ3) is 4.47. The molecule has 2 unspecified atom stereocenters.